The molecule has 0 radical (unpaired) electrons. The summed E-state index contributed by atoms with van der Waals surface area (Å²) in [7, 11) is 0. The van der Waals surface area contributed by atoms with E-state index < -0.39 is 0 Å². The molecule has 1 saturated carbocycles. The maximum Gasteiger partial charge on any atom is 0.165 e. The van der Waals surface area contributed by atoms with Crippen LogP contribution in [0.4, 0.5) is 0 Å². The average Bonchev–Trinajstić information content (AvgIpc) is 3.22. The summed E-state index contributed by atoms with van der Waals surface area (Å²) < 4.78 is 11.5. The minimum Gasteiger partial charge on any atom is -0.490 e. The van der Waals surface area contributed by atoms with E-state index in [4.69, 9.17) is 9.47 Å². The van der Waals surface area contributed by atoms with Crippen LogP contribution in [-0.4, -0.2) is 31.5 Å². The zero-order chi connectivity index (χ0) is 13.1. The van der Waals surface area contributed by atoms with Crippen LogP contribution < -0.4 is 14.8 Å². The Bertz CT molecular complexity index is 443. The summed E-state index contributed by atoms with van der Waals surface area (Å²) in [4.78, 5) is 0. The molecule has 1 fully saturated rings. The highest BCUT2D eigenvalue weighted by molar-refractivity contribution is 5.47. The second-order valence-electron chi connectivity index (χ2n) is 5.56. The standard InChI is InChI=1S/C15H21NO3/c17-11-15(5-6-15)10-16-9-12-3-1-4-13-14(12)19-8-2-7-18-13/h1,3-4,16-17H,2,5-11H2. The van der Waals surface area contributed by atoms with E-state index >= 15 is 0 Å². The van der Waals surface area contributed by atoms with Gasteiger partial charge in [-0.25, -0.2) is 0 Å². The number of nitrogens with one attached hydrogen (secondary N) is 1. The van der Waals surface area contributed by atoms with Gasteiger partial charge in [-0.05, 0) is 18.9 Å². The molecule has 1 aromatic rings. The number of ether oxygens (including phenoxy) is 2. The van der Waals surface area contributed by atoms with Crippen LogP contribution >= 0.6 is 0 Å². The van der Waals surface area contributed by atoms with Gasteiger partial charge in [-0.1, -0.05) is 12.1 Å². The molecule has 3 rings (SSSR count). The number of rotatable bonds is 5. The zero-order valence-corrected chi connectivity index (χ0v) is 11.2. The Kier molecular flexibility index (Phi) is 3.62. The quantitative estimate of drug-likeness (QED) is 0.849. The fourth-order valence-corrected chi connectivity index (χ4v) is 2.42. The fraction of sp³-hybridized carbons (Fsp3) is 0.600. The van der Waals surface area contributed by atoms with Crippen LogP contribution in [0.5, 0.6) is 11.5 Å². The molecule has 0 amide bonds. The lowest BCUT2D eigenvalue weighted by Gasteiger charge is -2.15. The molecule has 104 valence electrons. The normalized spacial score (nSPS) is 19.8. The molecule has 2 N–H and O–H groups in total. The highest BCUT2D eigenvalue weighted by Gasteiger charge is 2.41. The molecule has 1 aliphatic heterocycles. The maximum absolute atomic E-state index is 9.30. The smallest absolute Gasteiger partial charge is 0.165 e. The number of benzene rings is 1. The Balaban J connectivity index is 1.64. The lowest BCUT2D eigenvalue weighted by atomic mass is 10.1. The number of fused-ring (bicyclic) bond motifs is 1. The molecule has 2 aliphatic rings. The van der Waals surface area contributed by atoms with Gasteiger partial charge in [0, 0.05) is 37.1 Å². The van der Waals surface area contributed by atoms with Gasteiger partial charge in [0.25, 0.3) is 0 Å². The Morgan fingerprint density at radius 3 is 2.84 bits per heavy atom. The first-order chi connectivity index (χ1) is 9.33. The number of aliphatic hydroxyl groups is 1. The Morgan fingerprint density at radius 2 is 2.05 bits per heavy atom. The molecule has 1 heterocycles. The lowest BCUT2D eigenvalue weighted by Crippen LogP contribution is -2.26. The van der Waals surface area contributed by atoms with E-state index in [1.807, 2.05) is 12.1 Å². The maximum atomic E-state index is 9.30. The molecule has 0 saturated heterocycles. The van der Waals surface area contributed by atoms with Crippen molar-refractivity contribution < 1.29 is 14.6 Å². The third kappa shape index (κ3) is 2.85. The SMILES string of the molecule is OCC1(CNCc2cccc3c2OCCCO3)CC1. The molecule has 4 nitrogen and oxygen atoms in total. The summed E-state index contributed by atoms with van der Waals surface area (Å²) >= 11 is 0. The second-order valence-corrected chi connectivity index (χ2v) is 5.56. The first kappa shape index (κ1) is 12.8. The van der Waals surface area contributed by atoms with E-state index in [9.17, 15) is 5.11 Å². The first-order valence-corrected chi connectivity index (χ1v) is 7.02. The van der Waals surface area contributed by atoms with Crippen LogP contribution in [0.1, 0.15) is 24.8 Å². The predicted octanol–water partition coefficient (Wildman–Crippen LogP) is 1.71. The summed E-state index contributed by atoms with van der Waals surface area (Å²) in [6.07, 6.45) is 3.18. The topological polar surface area (TPSA) is 50.7 Å². The zero-order valence-electron chi connectivity index (χ0n) is 11.2. The molecule has 0 unspecified atom stereocenters. The summed E-state index contributed by atoms with van der Waals surface area (Å²) in [5.41, 5.74) is 1.27. The highest BCUT2D eigenvalue weighted by atomic mass is 16.5. The highest BCUT2D eigenvalue weighted by Crippen LogP contribution is 2.44. The van der Waals surface area contributed by atoms with Crippen LogP contribution in [0.3, 0.4) is 0 Å². The summed E-state index contributed by atoms with van der Waals surface area (Å²) in [6, 6.07) is 6.03. The summed E-state index contributed by atoms with van der Waals surface area (Å²) in [5.74, 6) is 1.72. The van der Waals surface area contributed by atoms with Crippen molar-refractivity contribution in [1.29, 1.82) is 0 Å². The molecule has 0 aromatic heterocycles. The van der Waals surface area contributed by atoms with Gasteiger partial charge < -0.3 is 19.9 Å². The fourth-order valence-electron chi connectivity index (χ4n) is 2.42. The van der Waals surface area contributed by atoms with Gasteiger partial charge >= 0.3 is 0 Å². The molecule has 4 heteroatoms. The molecular formula is C15H21NO3. The number of aliphatic hydroxyl groups excluding tert-OH is 1. The van der Waals surface area contributed by atoms with Crippen LogP contribution in [0, 0.1) is 5.41 Å². The molecule has 1 aromatic carbocycles. The minimum absolute atomic E-state index is 0.142. The number of para-hydroxylation sites is 1. The summed E-state index contributed by atoms with van der Waals surface area (Å²) in [6.45, 7) is 3.34. The van der Waals surface area contributed by atoms with Gasteiger partial charge in [-0.15, -0.1) is 0 Å². The minimum atomic E-state index is 0.142. The van der Waals surface area contributed by atoms with Crippen molar-refractivity contribution in [3.8, 4) is 11.5 Å². The van der Waals surface area contributed by atoms with Gasteiger partial charge in [0.1, 0.15) is 0 Å². The second kappa shape index (κ2) is 5.39. The van der Waals surface area contributed by atoms with Crippen molar-refractivity contribution in [2.45, 2.75) is 25.8 Å². The molecule has 1 aliphatic carbocycles. The van der Waals surface area contributed by atoms with Crippen molar-refractivity contribution in [3.05, 3.63) is 23.8 Å². The van der Waals surface area contributed by atoms with E-state index in [0.717, 1.165) is 56.0 Å². The van der Waals surface area contributed by atoms with Crippen molar-refractivity contribution in [3.63, 3.8) is 0 Å². The van der Waals surface area contributed by atoms with Gasteiger partial charge in [-0.3, -0.25) is 0 Å². The molecular weight excluding hydrogens is 242 g/mol. The van der Waals surface area contributed by atoms with E-state index in [1.165, 1.54) is 0 Å². The lowest BCUT2D eigenvalue weighted by molar-refractivity contribution is 0.207. The van der Waals surface area contributed by atoms with E-state index in [1.54, 1.807) is 0 Å². The van der Waals surface area contributed by atoms with Crippen LogP contribution in [0.15, 0.2) is 18.2 Å². The molecule has 0 bridgehead atoms. The Labute approximate surface area is 113 Å². The van der Waals surface area contributed by atoms with Crippen molar-refractivity contribution in [1.82, 2.24) is 5.32 Å². The van der Waals surface area contributed by atoms with Gasteiger partial charge in [-0.2, -0.15) is 0 Å². The number of hydrogen-bond acceptors (Lipinski definition) is 4. The van der Waals surface area contributed by atoms with Crippen molar-refractivity contribution >= 4 is 0 Å². The number of hydrogen-bond donors (Lipinski definition) is 2. The van der Waals surface area contributed by atoms with Crippen LogP contribution in [0.2, 0.25) is 0 Å². The van der Waals surface area contributed by atoms with Crippen molar-refractivity contribution in [2.24, 2.45) is 5.41 Å². The summed E-state index contributed by atoms with van der Waals surface area (Å²) in [5, 5.41) is 12.7. The van der Waals surface area contributed by atoms with Crippen LogP contribution in [-0.2, 0) is 6.54 Å². The predicted molar refractivity (Wildman–Crippen MR) is 72.5 cm³/mol. The largest absolute Gasteiger partial charge is 0.490 e. The monoisotopic (exact) mass is 263 g/mol. The molecule has 19 heavy (non-hydrogen) atoms. The van der Waals surface area contributed by atoms with E-state index in [-0.39, 0.29) is 12.0 Å². The molecule has 0 spiro atoms. The van der Waals surface area contributed by atoms with Gasteiger partial charge in [0.05, 0.1) is 13.2 Å². The van der Waals surface area contributed by atoms with E-state index in [0.29, 0.717) is 6.61 Å². The van der Waals surface area contributed by atoms with E-state index in [2.05, 4.69) is 11.4 Å². The van der Waals surface area contributed by atoms with Crippen molar-refractivity contribution in [2.75, 3.05) is 26.4 Å². The Morgan fingerprint density at radius 1 is 1.21 bits per heavy atom. The van der Waals surface area contributed by atoms with Gasteiger partial charge in [0.2, 0.25) is 0 Å². The third-order valence-electron chi connectivity index (χ3n) is 3.96. The van der Waals surface area contributed by atoms with Crippen LogP contribution in [0.25, 0.3) is 0 Å². The average molecular weight is 263 g/mol. The molecule has 0 atom stereocenters. The first-order valence-electron chi connectivity index (χ1n) is 7.02. The van der Waals surface area contributed by atoms with Gasteiger partial charge in [0.15, 0.2) is 11.5 Å². The Hall–Kier alpha value is -1.26. The third-order valence-corrected chi connectivity index (χ3v) is 3.96.